The zero-order valence-electron chi connectivity index (χ0n) is 9.41. The van der Waals surface area contributed by atoms with Crippen molar-refractivity contribution in [1.29, 1.82) is 0 Å². The molecule has 17 heavy (non-hydrogen) atoms. The number of ether oxygens (including phenoxy) is 1. The van der Waals surface area contributed by atoms with Gasteiger partial charge in [-0.3, -0.25) is 4.98 Å². The van der Waals surface area contributed by atoms with E-state index < -0.39 is 0 Å². The van der Waals surface area contributed by atoms with E-state index in [0.717, 1.165) is 12.1 Å². The minimum Gasteiger partial charge on any atom is -0.477 e. The summed E-state index contributed by atoms with van der Waals surface area (Å²) in [7, 11) is 0. The highest BCUT2D eigenvalue weighted by molar-refractivity contribution is 5.24. The third-order valence-corrected chi connectivity index (χ3v) is 2.34. The molecule has 0 saturated carbocycles. The SMILES string of the molecule is OCc1cccnc1OCCc1ccccn1. The van der Waals surface area contributed by atoms with Crippen LogP contribution in [0.5, 0.6) is 5.88 Å². The van der Waals surface area contributed by atoms with Gasteiger partial charge in [-0.1, -0.05) is 6.07 Å². The van der Waals surface area contributed by atoms with Crippen LogP contribution < -0.4 is 4.74 Å². The molecule has 0 saturated heterocycles. The average molecular weight is 230 g/mol. The van der Waals surface area contributed by atoms with Crippen LogP contribution in [-0.4, -0.2) is 21.7 Å². The van der Waals surface area contributed by atoms with Crippen LogP contribution in [0.4, 0.5) is 0 Å². The van der Waals surface area contributed by atoms with Crippen molar-refractivity contribution >= 4 is 0 Å². The second-order valence-electron chi connectivity index (χ2n) is 3.55. The summed E-state index contributed by atoms with van der Waals surface area (Å²) in [6, 6.07) is 9.35. The lowest BCUT2D eigenvalue weighted by Crippen LogP contribution is -2.05. The smallest absolute Gasteiger partial charge is 0.218 e. The molecule has 0 amide bonds. The molecule has 2 heterocycles. The number of aliphatic hydroxyl groups is 1. The van der Waals surface area contributed by atoms with Crippen molar-refractivity contribution in [3.05, 3.63) is 54.0 Å². The van der Waals surface area contributed by atoms with Crippen molar-refractivity contribution in [2.45, 2.75) is 13.0 Å². The Bertz CT molecular complexity index is 460. The summed E-state index contributed by atoms with van der Waals surface area (Å²) >= 11 is 0. The van der Waals surface area contributed by atoms with Gasteiger partial charge in [0.15, 0.2) is 0 Å². The molecule has 2 aromatic heterocycles. The highest BCUT2D eigenvalue weighted by Gasteiger charge is 2.03. The summed E-state index contributed by atoms with van der Waals surface area (Å²) in [5.74, 6) is 0.492. The lowest BCUT2D eigenvalue weighted by molar-refractivity contribution is 0.258. The Morgan fingerprint density at radius 2 is 1.94 bits per heavy atom. The number of aromatic nitrogens is 2. The van der Waals surface area contributed by atoms with E-state index in [4.69, 9.17) is 9.84 Å². The van der Waals surface area contributed by atoms with E-state index in [1.165, 1.54) is 0 Å². The number of nitrogens with zero attached hydrogens (tertiary/aromatic N) is 2. The fraction of sp³-hybridized carbons (Fsp3) is 0.231. The zero-order chi connectivity index (χ0) is 11.9. The first-order valence-electron chi connectivity index (χ1n) is 5.47. The molecule has 4 nitrogen and oxygen atoms in total. The van der Waals surface area contributed by atoms with Crippen molar-refractivity contribution in [2.75, 3.05) is 6.61 Å². The molecular weight excluding hydrogens is 216 g/mol. The number of pyridine rings is 2. The van der Waals surface area contributed by atoms with Crippen LogP contribution in [0.25, 0.3) is 0 Å². The minimum absolute atomic E-state index is 0.0627. The van der Waals surface area contributed by atoms with E-state index in [2.05, 4.69) is 9.97 Å². The minimum atomic E-state index is -0.0627. The lowest BCUT2D eigenvalue weighted by atomic mass is 10.3. The van der Waals surface area contributed by atoms with E-state index in [-0.39, 0.29) is 6.61 Å². The molecule has 0 aliphatic heterocycles. The topological polar surface area (TPSA) is 55.2 Å². The molecule has 88 valence electrons. The van der Waals surface area contributed by atoms with Gasteiger partial charge in [0.05, 0.1) is 13.2 Å². The maximum atomic E-state index is 9.10. The van der Waals surface area contributed by atoms with Crippen molar-refractivity contribution in [3.8, 4) is 5.88 Å². The molecule has 0 fully saturated rings. The van der Waals surface area contributed by atoms with E-state index in [1.54, 1.807) is 24.5 Å². The van der Waals surface area contributed by atoms with Gasteiger partial charge in [-0.2, -0.15) is 0 Å². The predicted octanol–water partition coefficient (Wildman–Crippen LogP) is 1.59. The van der Waals surface area contributed by atoms with Gasteiger partial charge in [-0.05, 0) is 24.3 Å². The highest BCUT2D eigenvalue weighted by atomic mass is 16.5. The van der Waals surface area contributed by atoms with Crippen LogP contribution in [0.1, 0.15) is 11.3 Å². The largest absolute Gasteiger partial charge is 0.477 e. The quantitative estimate of drug-likeness (QED) is 0.847. The standard InChI is InChI=1S/C13H14N2O2/c16-10-11-4-3-8-15-13(11)17-9-6-12-5-1-2-7-14-12/h1-5,7-8,16H,6,9-10H2. The number of hydrogen-bond acceptors (Lipinski definition) is 4. The second-order valence-corrected chi connectivity index (χ2v) is 3.55. The van der Waals surface area contributed by atoms with Crippen molar-refractivity contribution in [3.63, 3.8) is 0 Å². The van der Waals surface area contributed by atoms with Gasteiger partial charge in [-0.25, -0.2) is 4.98 Å². The third kappa shape index (κ3) is 3.26. The number of aliphatic hydroxyl groups excluding tert-OH is 1. The van der Waals surface area contributed by atoms with Gasteiger partial charge in [0.2, 0.25) is 5.88 Å². The molecule has 0 bridgehead atoms. The summed E-state index contributed by atoms with van der Waals surface area (Å²) in [6.07, 6.45) is 4.13. The fourth-order valence-electron chi connectivity index (χ4n) is 1.47. The second kappa shape index (κ2) is 5.96. The first-order chi connectivity index (χ1) is 8.40. The van der Waals surface area contributed by atoms with E-state index >= 15 is 0 Å². The molecule has 0 atom stereocenters. The van der Waals surface area contributed by atoms with Gasteiger partial charge >= 0.3 is 0 Å². The summed E-state index contributed by atoms with van der Waals surface area (Å²) in [5, 5.41) is 9.10. The highest BCUT2D eigenvalue weighted by Crippen LogP contribution is 2.13. The van der Waals surface area contributed by atoms with Gasteiger partial charge in [0, 0.05) is 30.1 Å². The van der Waals surface area contributed by atoms with Crippen LogP contribution in [0.15, 0.2) is 42.7 Å². The van der Waals surface area contributed by atoms with Gasteiger partial charge in [0.25, 0.3) is 0 Å². The maximum Gasteiger partial charge on any atom is 0.218 e. The van der Waals surface area contributed by atoms with Crippen molar-refractivity contribution in [1.82, 2.24) is 9.97 Å². The Morgan fingerprint density at radius 3 is 2.71 bits per heavy atom. The number of rotatable bonds is 5. The molecule has 1 N–H and O–H groups in total. The summed E-state index contributed by atoms with van der Waals surface area (Å²) in [4.78, 5) is 8.28. The molecule has 0 radical (unpaired) electrons. The van der Waals surface area contributed by atoms with E-state index in [0.29, 0.717) is 18.1 Å². The molecule has 4 heteroatoms. The Labute approximate surface area is 99.9 Å². The molecule has 2 aromatic rings. The molecule has 0 aliphatic rings. The molecule has 2 rings (SSSR count). The Balaban J connectivity index is 1.90. The zero-order valence-corrected chi connectivity index (χ0v) is 9.41. The Morgan fingerprint density at radius 1 is 1.06 bits per heavy atom. The Kier molecular flexibility index (Phi) is 4.05. The fourth-order valence-corrected chi connectivity index (χ4v) is 1.47. The first-order valence-corrected chi connectivity index (χ1v) is 5.47. The van der Waals surface area contributed by atoms with Gasteiger partial charge in [-0.15, -0.1) is 0 Å². The predicted molar refractivity (Wildman–Crippen MR) is 63.6 cm³/mol. The lowest BCUT2D eigenvalue weighted by Gasteiger charge is -2.07. The van der Waals surface area contributed by atoms with Crippen molar-refractivity contribution in [2.24, 2.45) is 0 Å². The molecule has 0 aromatic carbocycles. The van der Waals surface area contributed by atoms with Gasteiger partial charge in [0.1, 0.15) is 0 Å². The third-order valence-electron chi connectivity index (χ3n) is 2.34. The summed E-state index contributed by atoms with van der Waals surface area (Å²) in [6.45, 7) is 0.438. The molecule has 0 aliphatic carbocycles. The Hall–Kier alpha value is -1.94. The molecular formula is C13H14N2O2. The van der Waals surface area contributed by atoms with E-state index in [9.17, 15) is 0 Å². The first kappa shape index (κ1) is 11.5. The molecule has 0 spiro atoms. The van der Waals surface area contributed by atoms with Crippen LogP contribution in [0.2, 0.25) is 0 Å². The van der Waals surface area contributed by atoms with Crippen LogP contribution >= 0.6 is 0 Å². The van der Waals surface area contributed by atoms with E-state index in [1.807, 2.05) is 18.2 Å². The van der Waals surface area contributed by atoms with Crippen LogP contribution in [-0.2, 0) is 13.0 Å². The van der Waals surface area contributed by atoms with Crippen LogP contribution in [0.3, 0.4) is 0 Å². The van der Waals surface area contributed by atoms with Gasteiger partial charge < -0.3 is 9.84 Å². The number of hydrogen-bond donors (Lipinski definition) is 1. The summed E-state index contributed by atoms with van der Waals surface area (Å²) < 4.78 is 5.52. The monoisotopic (exact) mass is 230 g/mol. The van der Waals surface area contributed by atoms with Crippen molar-refractivity contribution < 1.29 is 9.84 Å². The average Bonchev–Trinajstić information content (AvgIpc) is 2.40. The maximum absolute atomic E-state index is 9.10. The van der Waals surface area contributed by atoms with Crippen LogP contribution in [0, 0.1) is 0 Å². The normalized spacial score (nSPS) is 10.2. The molecule has 0 unspecified atom stereocenters. The summed E-state index contributed by atoms with van der Waals surface area (Å²) in [5.41, 5.74) is 1.68.